The van der Waals surface area contributed by atoms with Crippen molar-refractivity contribution in [3.63, 3.8) is 0 Å². The number of nitrogens with zero attached hydrogens (tertiary/aromatic N) is 4. The number of hydrogen-bond donors (Lipinski definition) is 1. The van der Waals surface area contributed by atoms with Gasteiger partial charge in [0, 0.05) is 24.5 Å². The summed E-state index contributed by atoms with van der Waals surface area (Å²) in [7, 11) is 1.88. The summed E-state index contributed by atoms with van der Waals surface area (Å²) in [6, 6.07) is 9.41. The van der Waals surface area contributed by atoms with Crippen molar-refractivity contribution in [1.29, 1.82) is 0 Å². The van der Waals surface area contributed by atoms with Gasteiger partial charge in [-0.25, -0.2) is 0 Å². The Morgan fingerprint density at radius 1 is 1.32 bits per heavy atom. The zero-order valence-corrected chi connectivity index (χ0v) is 14.4. The first-order valence-electron chi connectivity index (χ1n) is 8.63. The van der Waals surface area contributed by atoms with E-state index in [1.807, 2.05) is 36.2 Å². The minimum Gasteiger partial charge on any atom is -0.490 e. The second-order valence-electron chi connectivity index (χ2n) is 6.40. The standard InChI is InChI=1S/C18H21N5O2/c1-3-4-12-11-16(24)23-17(19-12)20-18(21-23)22(2)13-5-7-14(8-6-13)25-15-9-10-15/h5-8,11,15H,3-4,9-10H2,1-2H3,(H,19,20,21). The zero-order valence-electron chi connectivity index (χ0n) is 14.4. The Morgan fingerprint density at radius 3 is 2.76 bits per heavy atom. The van der Waals surface area contributed by atoms with Gasteiger partial charge < -0.3 is 14.6 Å². The molecule has 1 aromatic carbocycles. The van der Waals surface area contributed by atoms with E-state index in [0.29, 0.717) is 17.8 Å². The van der Waals surface area contributed by atoms with Crippen molar-refractivity contribution in [3.8, 4) is 5.75 Å². The topological polar surface area (TPSA) is 75.5 Å². The molecule has 25 heavy (non-hydrogen) atoms. The van der Waals surface area contributed by atoms with Crippen molar-refractivity contribution in [2.75, 3.05) is 11.9 Å². The summed E-state index contributed by atoms with van der Waals surface area (Å²) in [4.78, 5) is 21.7. The summed E-state index contributed by atoms with van der Waals surface area (Å²) in [5.74, 6) is 1.81. The molecule has 2 aromatic heterocycles. The number of nitrogens with one attached hydrogen (secondary N) is 1. The summed E-state index contributed by atoms with van der Waals surface area (Å²) in [6.07, 6.45) is 4.43. The van der Waals surface area contributed by atoms with E-state index in [1.54, 1.807) is 6.07 Å². The monoisotopic (exact) mass is 339 g/mol. The Bertz CT molecular complexity index is 940. The quantitative estimate of drug-likeness (QED) is 0.747. The normalized spacial score (nSPS) is 14.0. The lowest BCUT2D eigenvalue weighted by atomic mass is 10.2. The third kappa shape index (κ3) is 3.22. The Morgan fingerprint density at radius 2 is 2.08 bits per heavy atom. The molecule has 1 aliphatic carbocycles. The summed E-state index contributed by atoms with van der Waals surface area (Å²) in [5, 5.41) is 4.33. The number of benzene rings is 1. The zero-order chi connectivity index (χ0) is 17.4. The second kappa shape index (κ2) is 6.23. The van der Waals surface area contributed by atoms with Crippen LogP contribution < -0.4 is 15.2 Å². The summed E-state index contributed by atoms with van der Waals surface area (Å²) < 4.78 is 7.07. The molecule has 0 spiro atoms. The summed E-state index contributed by atoms with van der Waals surface area (Å²) in [5.41, 5.74) is 1.64. The van der Waals surface area contributed by atoms with Gasteiger partial charge in [-0.1, -0.05) is 13.3 Å². The first-order valence-corrected chi connectivity index (χ1v) is 8.63. The molecule has 130 valence electrons. The fourth-order valence-corrected chi connectivity index (χ4v) is 2.71. The van der Waals surface area contributed by atoms with E-state index in [1.165, 1.54) is 4.52 Å². The van der Waals surface area contributed by atoms with E-state index >= 15 is 0 Å². The van der Waals surface area contributed by atoms with Crippen LogP contribution in [0.3, 0.4) is 0 Å². The third-order valence-corrected chi connectivity index (χ3v) is 4.25. The van der Waals surface area contributed by atoms with Crippen LogP contribution in [-0.2, 0) is 6.42 Å². The van der Waals surface area contributed by atoms with Crippen LogP contribution in [0.4, 0.5) is 11.6 Å². The van der Waals surface area contributed by atoms with Gasteiger partial charge in [-0.3, -0.25) is 4.79 Å². The highest BCUT2D eigenvalue weighted by molar-refractivity contribution is 5.58. The molecule has 1 N–H and O–H groups in total. The van der Waals surface area contributed by atoms with Gasteiger partial charge in [0.2, 0.25) is 5.78 Å². The molecule has 1 fully saturated rings. The molecular formula is C18H21N5O2. The molecule has 7 nitrogen and oxygen atoms in total. The van der Waals surface area contributed by atoms with Crippen LogP contribution in [0.15, 0.2) is 35.1 Å². The van der Waals surface area contributed by atoms with Crippen molar-refractivity contribution in [3.05, 3.63) is 46.4 Å². The van der Waals surface area contributed by atoms with Crippen molar-refractivity contribution in [2.24, 2.45) is 0 Å². The number of anilines is 2. The van der Waals surface area contributed by atoms with E-state index < -0.39 is 0 Å². The van der Waals surface area contributed by atoms with Gasteiger partial charge in [-0.2, -0.15) is 9.50 Å². The van der Waals surface area contributed by atoms with Gasteiger partial charge in [0.25, 0.3) is 11.5 Å². The highest BCUT2D eigenvalue weighted by atomic mass is 16.5. The predicted octanol–water partition coefficient (Wildman–Crippen LogP) is 2.68. The fraction of sp³-hybridized carbons (Fsp3) is 0.389. The number of H-pyrrole nitrogens is 1. The fourth-order valence-electron chi connectivity index (χ4n) is 2.71. The average Bonchev–Trinajstić information content (AvgIpc) is 3.31. The summed E-state index contributed by atoms with van der Waals surface area (Å²) in [6.45, 7) is 2.07. The molecule has 0 amide bonds. The molecule has 0 unspecified atom stereocenters. The lowest BCUT2D eigenvalue weighted by molar-refractivity contribution is 0.303. The van der Waals surface area contributed by atoms with Crippen LogP contribution in [0.2, 0.25) is 0 Å². The van der Waals surface area contributed by atoms with Gasteiger partial charge in [0.05, 0.1) is 6.10 Å². The van der Waals surface area contributed by atoms with Crippen LogP contribution in [0, 0.1) is 0 Å². The molecule has 1 aliphatic rings. The van der Waals surface area contributed by atoms with Gasteiger partial charge in [0.1, 0.15) is 5.75 Å². The molecule has 4 rings (SSSR count). The van der Waals surface area contributed by atoms with E-state index in [2.05, 4.69) is 22.0 Å². The van der Waals surface area contributed by atoms with E-state index in [0.717, 1.165) is 42.8 Å². The van der Waals surface area contributed by atoms with Crippen molar-refractivity contribution >= 4 is 17.4 Å². The van der Waals surface area contributed by atoms with Crippen LogP contribution in [0.5, 0.6) is 5.75 Å². The second-order valence-corrected chi connectivity index (χ2v) is 6.40. The SMILES string of the molecule is CCCc1cc(=O)n2nc(N(C)c3ccc(OC4CC4)cc3)nc2[nH]1. The van der Waals surface area contributed by atoms with Gasteiger partial charge in [-0.15, -0.1) is 5.10 Å². The maximum Gasteiger partial charge on any atom is 0.275 e. The largest absolute Gasteiger partial charge is 0.490 e. The maximum atomic E-state index is 12.2. The van der Waals surface area contributed by atoms with Gasteiger partial charge in [-0.05, 0) is 43.5 Å². The van der Waals surface area contributed by atoms with Gasteiger partial charge in [0.15, 0.2) is 0 Å². The number of rotatable bonds is 6. The number of aromatic nitrogens is 4. The van der Waals surface area contributed by atoms with Crippen LogP contribution in [-0.4, -0.2) is 32.7 Å². The van der Waals surface area contributed by atoms with Crippen LogP contribution in [0.25, 0.3) is 5.78 Å². The first-order chi connectivity index (χ1) is 12.1. The Kier molecular flexibility index (Phi) is 3.91. The van der Waals surface area contributed by atoms with Gasteiger partial charge >= 0.3 is 0 Å². The van der Waals surface area contributed by atoms with E-state index in [-0.39, 0.29) is 5.56 Å². The highest BCUT2D eigenvalue weighted by Crippen LogP contribution is 2.29. The number of aromatic amines is 1. The maximum absolute atomic E-state index is 12.2. The Labute approximate surface area is 145 Å². The Balaban J connectivity index is 1.61. The lowest BCUT2D eigenvalue weighted by Gasteiger charge is -2.15. The molecule has 2 heterocycles. The first kappa shape index (κ1) is 15.7. The van der Waals surface area contributed by atoms with Crippen molar-refractivity contribution in [1.82, 2.24) is 19.6 Å². The number of ether oxygens (including phenoxy) is 1. The van der Waals surface area contributed by atoms with Crippen molar-refractivity contribution in [2.45, 2.75) is 38.7 Å². The number of fused-ring (bicyclic) bond motifs is 1. The van der Waals surface area contributed by atoms with E-state index in [4.69, 9.17) is 4.74 Å². The minimum atomic E-state index is -0.169. The van der Waals surface area contributed by atoms with E-state index in [9.17, 15) is 4.79 Å². The minimum absolute atomic E-state index is 0.169. The van der Waals surface area contributed by atoms with Crippen LogP contribution in [0.1, 0.15) is 31.9 Å². The predicted molar refractivity (Wildman–Crippen MR) is 95.8 cm³/mol. The third-order valence-electron chi connectivity index (χ3n) is 4.25. The molecule has 1 saturated carbocycles. The highest BCUT2D eigenvalue weighted by Gasteiger charge is 2.23. The molecular weight excluding hydrogens is 318 g/mol. The molecule has 3 aromatic rings. The summed E-state index contributed by atoms with van der Waals surface area (Å²) >= 11 is 0. The molecule has 0 atom stereocenters. The molecule has 7 heteroatoms. The molecule has 0 aliphatic heterocycles. The lowest BCUT2D eigenvalue weighted by Crippen LogP contribution is -2.16. The molecule has 0 saturated heterocycles. The number of aryl methyl sites for hydroxylation is 1. The molecule has 0 radical (unpaired) electrons. The molecule has 0 bridgehead atoms. The van der Waals surface area contributed by atoms with Crippen molar-refractivity contribution < 1.29 is 4.74 Å². The Hall–Kier alpha value is -2.83. The smallest absolute Gasteiger partial charge is 0.275 e. The number of hydrogen-bond acceptors (Lipinski definition) is 5. The average molecular weight is 339 g/mol. The van der Waals surface area contributed by atoms with Crippen LogP contribution >= 0.6 is 0 Å².